The number of aromatic nitrogens is 4. The SMILES string of the molecule is CCCC1CC1n1nnnc1-c1cc(N)ccc1Br. The van der Waals surface area contributed by atoms with E-state index in [-0.39, 0.29) is 0 Å². The maximum atomic E-state index is 5.85. The maximum Gasteiger partial charge on any atom is 0.183 e. The molecule has 2 unspecified atom stereocenters. The van der Waals surface area contributed by atoms with Crippen LogP contribution in [0.25, 0.3) is 11.4 Å². The molecule has 0 bridgehead atoms. The fourth-order valence-corrected chi connectivity index (χ4v) is 2.94. The quantitative estimate of drug-likeness (QED) is 0.879. The van der Waals surface area contributed by atoms with Crippen molar-refractivity contribution in [2.75, 3.05) is 5.73 Å². The van der Waals surface area contributed by atoms with E-state index in [2.05, 4.69) is 38.4 Å². The van der Waals surface area contributed by atoms with E-state index in [1.165, 1.54) is 19.3 Å². The molecule has 3 rings (SSSR count). The number of nitrogen functional groups attached to an aromatic ring is 1. The van der Waals surface area contributed by atoms with Gasteiger partial charge in [0.2, 0.25) is 0 Å². The molecule has 0 spiro atoms. The molecule has 1 aromatic carbocycles. The van der Waals surface area contributed by atoms with Gasteiger partial charge in [-0.2, -0.15) is 0 Å². The molecule has 1 aliphatic rings. The van der Waals surface area contributed by atoms with Crippen molar-refractivity contribution in [3.05, 3.63) is 22.7 Å². The molecule has 6 heteroatoms. The van der Waals surface area contributed by atoms with Gasteiger partial charge < -0.3 is 5.73 Å². The lowest BCUT2D eigenvalue weighted by atomic mass is 10.2. The smallest absolute Gasteiger partial charge is 0.183 e. The minimum Gasteiger partial charge on any atom is -0.399 e. The second-order valence-corrected chi connectivity index (χ2v) is 5.89. The molecule has 1 aromatic heterocycles. The van der Waals surface area contributed by atoms with E-state index in [0.29, 0.717) is 17.6 Å². The molecule has 1 fully saturated rings. The van der Waals surface area contributed by atoms with Crippen LogP contribution in [0.3, 0.4) is 0 Å². The second kappa shape index (κ2) is 4.92. The summed E-state index contributed by atoms with van der Waals surface area (Å²) in [6.07, 6.45) is 3.62. The van der Waals surface area contributed by atoms with Gasteiger partial charge in [-0.15, -0.1) is 5.10 Å². The van der Waals surface area contributed by atoms with Crippen LogP contribution >= 0.6 is 15.9 Å². The Labute approximate surface area is 120 Å². The standard InChI is InChI=1S/C13H16BrN5/c1-2-3-8-6-12(8)19-13(16-17-18-19)10-7-9(15)4-5-11(10)14/h4-5,7-8,12H,2-3,6,15H2,1H3. The highest BCUT2D eigenvalue weighted by atomic mass is 79.9. The first-order valence-corrected chi connectivity index (χ1v) is 7.33. The molecule has 100 valence electrons. The lowest BCUT2D eigenvalue weighted by Gasteiger charge is -2.06. The number of hydrogen-bond donors (Lipinski definition) is 1. The first kappa shape index (κ1) is 12.6. The summed E-state index contributed by atoms with van der Waals surface area (Å²) in [5, 5.41) is 12.1. The summed E-state index contributed by atoms with van der Waals surface area (Å²) in [6.45, 7) is 2.21. The Morgan fingerprint density at radius 2 is 2.32 bits per heavy atom. The minimum atomic E-state index is 0.443. The van der Waals surface area contributed by atoms with E-state index in [1.54, 1.807) is 0 Å². The molecule has 0 saturated heterocycles. The van der Waals surface area contributed by atoms with Crippen molar-refractivity contribution in [3.63, 3.8) is 0 Å². The minimum absolute atomic E-state index is 0.443. The predicted molar refractivity (Wildman–Crippen MR) is 77.4 cm³/mol. The van der Waals surface area contributed by atoms with Gasteiger partial charge in [0.1, 0.15) is 0 Å². The third kappa shape index (κ3) is 2.36. The first-order chi connectivity index (χ1) is 9.20. The number of benzene rings is 1. The molecule has 19 heavy (non-hydrogen) atoms. The van der Waals surface area contributed by atoms with Crippen molar-refractivity contribution in [2.45, 2.75) is 32.2 Å². The summed E-state index contributed by atoms with van der Waals surface area (Å²) < 4.78 is 2.91. The van der Waals surface area contributed by atoms with Crippen molar-refractivity contribution in [3.8, 4) is 11.4 Å². The number of nitrogens with zero attached hydrogens (tertiary/aromatic N) is 4. The van der Waals surface area contributed by atoms with Crippen LogP contribution in [0.5, 0.6) is 0 Å². The molecular formula is C13H16BrN5. The van der Waals surface area contributed by atoms with Crippen molar-refractivity contribution >= 4 is 21.6 Å². The van der Waals surface area contributed by atoms with E-state index in [9.17, 15) is 0 Å². The first-order valence-electron chi connectivity index (χ1n) is 6.54. The van der Waals surface area contributed by atoms with Gasteiger partial charge in [-0.05, 0) is 47.4 Å². The van der Waals surface area contributed by atoms with Gasteiger partial charge in [-0.3, -0.25) is 0 Å². The van der Waals surface area contributed by atoms with Crippen LogP contribution in [0.4, 0.5) is 5.69 Å². The number of nitrogens with two attached hydrogens (primary N) is 1. The summed E-state index contributed by atoms with van der Waals surface area (Å²) in [6, 6.07) is 6.14. The molecule has 1 saturated carbocycles. The van der Waals surface area contributed by atoms with Crippen LogP contribution in [0, 0.1) is 5.92 Å². The van der Waals surface area contributed by atoms with Gasteiger partial charge in [-0.1, -0.05) is 29.3 Å². The largest absolute Gasteiger partial charge is 0.399 e. The van der Waals surface area contributed by atoms with E-state index in [0.717, 1.165) is 15.9 Å². The molecule has 1 aliphatic carbocycles. The summed E-state index contributed by atoms with van der Waals surface area (Å²) >= 11 is 3.54. The average Bonchev–Trinajstić information content (AvgIpc) is 2.99. The summed E-state index contributed by atoms with van der Waals surface area (Å²) in [5.41, 5.74) is 7.52. The fourth-order valence-electron chi connectivity index (χ4n) is 2.52. The van der Waals surface area contributed by atoms with Crippen LogP contribution in [0.15, 0.2) is 22.7 Å². The number of hydrogen-bond acceptors (Lipinski definition) is 4. The highest BCUT2D eigenvalue weighted by Gasteiger charge is 2.40. The van der Waals surface area contributed by atoms with Gasteiger partial charge in [0.25, 0.3) is 0 Å². The highest BCUT2D eigenvalue weighted by Crippen LogP contribution is 2.47. The molecule has 2 N–H and O–H groups in total. The number of rotatable bonds is 4. The van der Waals surface area contributed by atoms with Crippen LogP contribution in [-0.4, -0.2) is 20.2 Å². The molecule has 0 radical (unpaired) electrons. The number of halogens is 1. The Kier molecular flexibility index (Phi) is 3.26. The lowest BCUT2D eigenvalue weighted by molar-refractivity contribution is 0.548. The zero-order valence-electron chi connectivity index (χ0n) is 10.8. The number of tetrazole rings is 1. The molecule has 2 atom stereocenters. The summed E-state index contributed by atoms with van der Waals surface area (Å²) in [5.74, 6) is 1.51. The van der Waals surface area contributed by atoms with Gasteiger partial charge >= 0.3 is 0 Å². The van der Waals surface area contributed by atoms with Crippen LogP contribution in [-0.2, 0) is 0 Å². The van der Waals surface area contributed by atoms with Gasteiger partial charge in [0, 0.05) is 15.7 Å². The third-order valence-electron chi connectivity index (χ3n) is 3.58. The molecule has 0 amide bonds. The predicted octanol–water partition coefficient (Wildman–Crippen LogP) is 3.05. The Hall–Kier alpha value is -1.43. The summed E-state index contributed by atoms with van der Waals surface area (Å²) in [4.78, 5) is 0. The van der Waals surface area contributed by atoms with Crippen LogP contribution in [0.1, 0.15) is 32.2 Å². The third-order valence-corrected chi connectivity index (χ3v) is 4.27. The van der Waals surface area contributed by atoms with E-state index in [1.807, 2.05) is 22.9 Å². The highest BCUT2D eigenvalue weighted by molar-refractivity contribution is 9.10. The summed E-state index contributed by atoms with van der Waals surface area (Å²) in [7, 11) is 0. The molecule has 0 aliphatic heterocycles. The fraction of sp³-hybridized carbons (Fsp3) is 0.462. The zero-order chi connectivity index (χ0) is 13.4. The van der Waals surface area contributed by atoms with Crippen molar-refractivity contribution in [2.24, 2.45) is 5.92 Å². The van der Waals surface area contributed by atoms with Crippen LogP contribution < -0.4 is 5.73 Å². The number of anilines is 1. The van der Waals surface area contributed by atoms with Gasteiger partial charge in [-0.25, -0.2) is 4.68 Å². The van der Waals surface area contributed by atoms with E-state index >= 15 is 0 Å². The zero-order valence-corrected chi connectivity index (χ0v) is 12.3. The van der Waals surface area contributed by atoms with Gasteiger partial charge in [0.05, 0.1) is 6.04 Å². The van der Waals surface area contributed by atoms with E-state index < -0.39 is 0 Å². The molecule has 2 aromatic rings. The Bertz CT molecular complexity index is 594. The molecular weight excluding hydrogens is 306 g/mol. The van der Waals surface area contributed by atoms with E-state index in [4.69, 9.17) is 5.73 Å². The Morgan fingerprint density at radius 3 is 3.11 bits per heavy atom. The lowest BCUT2D eigenvalue weighted by Crippen LogP contribution is -2.03. The van der Waals surface area contributed by atoms with Crippen LogP contribution in [0.2, 0.25) is 0 Å². The average molecular weight is 322 g/mol. The monoisotopic (exact) mass is 321 g/mol. The van der Waals surface area contributed by atoms with Crippen molar-refractivity contribution in [1.82, 2.24) is 20.2 Å². The topological polar surface area (TPSA) is 69.6 Å². The second-order valence-electron chi connectivity index (χ2n) is 5.04. The molecule has 5 nitrogen and oxygen atoms in total. The van der Waals surface area contributed by atoms with Crippen molar-refractivity contribution in [1.29, 1.82) is 0 Å². The Morgan fingerprint density at radius 1 is 1.47 bits per heavy atom. The molecule has 1 heterocycles. The normalized spacial score (nSPS) is 21.6. The Balaban J connectivity index is 1.94. The van der Waals surface area contributed by atoms with Crippen molar-refractivity contribution < 1.29 is 0 Å². The maximum absolute atomic E-state index is 5.85. The van der Waals surface area contributed by atoms with Gasteiger partial charge in [0.15, 0.2) is 5.82 Å².